The number of nitrogens with one attached hydrogen (secondary N) is 2. The lowest BCUT2D eigenvalue weighted by atomic mass is 10.1. The molecule has 1 amide bonds. The first-order valence-corrected chi connectivity index (χ1v) is 9.30. The van der Waals surface area contributed by atoms with Crippen LogP contribution >= 0.6 is 0 Å². The zero-order valence-corrected chi connectivity index (χ0v) is 15.3. The van der Waals surface area contributed by atoms with Gasteiger partial charge in [0.25, 0.3) is 0 Å². The van der Waals surface area contributed by atoms with Crippen molar-refractivity contribution >= 4 is 27.6 Å². The van der Waals surface area contributed by atoms with Crippen molar-refractivity contribution in [2.24, 2.45) is 0 Å². The number of aryl methyl sites for hydroxylation is 1. The van der Waals surface area contributed by atoms with Gasteiger partial charge in [0.2, 0.25) is 15.9 Å². The summed E-state index contributed by atoms with van der Waals surface area (Å²) in [5.41, 5.74) is 2.49. The van der Waals surface area contributed by atoms with Crippen LogP contribution in [-0.2, 0) is 30.8 Å². The van der Waals surface area contributed by atoms with E-state index in [2.05, 4.69) is 14.8 Å². The molecule has 0 radical (unpaired) electrons. The number of benzene rings is 2. The summed E-state index contributed by atoms with van der Waals surface area (Å²) in [5.74, 6) is -0.887. The van der Waals surface area contributed by atoms with Gasteiger partial charge in [-0.2, -0.15) is 4.72 Å². The molecule has 0 aliphatic rings. The highest BCUT2D eigenvalue weighted by Crippen LogP contribution is 2.14. The molecule has 0 saturated carbocycles. The van der Waals surface area contributed by atoms with Crippen LogP contribution in [0, 0.1) is 6.92 Å². The Kier molecular flexibility index (Phi) is 6.48. The highest BCUT2D eigenvalue weighted by atomic mass is 32.2. The number of hydrogen-bond donors (Lipinski definition) is 2. The molecule has 26 heavy (non-hydrogen) atoms. The zero-order chi connectivity index (χ0) is 19.2. The monoisotopic (exact) mass is 376 g/mol. The lowest BCUT2D eigenvalue weighted by molar-refractivity contribution is -0.139. The maximum Gasteiger partial charge on any atom is 0.320 e. The standard InChI is InChI=1S/C18H20N2O5S/c1-13-3-5-14(6-4-13)11-17(21)20-15-7-9-16(10-8-15)26(23,24)19-12-18(22)25-2/h3-10,19H,11-12H2,1-2H3,(H,20,21). The number of carbonyl (C=O) groups is 2. The van der Waals surface area contributed by atoms with Crippen molar-refractivity contribution in [2.75, 3.05) is 19.0 Å². The van der Waals surface area contributed by atoms with E-state index >= 15 is 0 Å². The molecule has 2 N–H and O–H groups in total. The predicted octanol–water partition coefficient (Wildman–Crippen LogP) is 1.63. The van der Waals surface area contributed by atoms with Gasteiger partial charge in [-0.05, 0) is 36.8 Å². The highest BCUT2D eigenvalue weighted by molar-refractivity contribution is 7.89. The van der Waals surface area contributed by atoms with Crippen molar-refractivity contribution in [3.05, 3.63) is 59.7 Å². The predicted molar refractivity (Wildman–Crippen MR) is 97.2 cm³/mol. The van der Waals surface area contributed by atoms with E-state index in [9.17, 15) is 18.0 Å². The minimum absolute atomic E-state index is 0.0158. The van der Waals surface area contributed by atoms with Crippen LogP contribution in [-0.4, -0.2) is 33.9 Å². The summed E-state index contributed by atoms with van der Waals surface area (Å²) in [6, 6.07) is 13.3. The maximum absolute atomic E-state index is 12.1. The molecular weight excluding hydrogens is 356 g/mol. The number of hydrogen-bond acceptors (Lipinski definition) is 5. The highest BCUT2D eigenvalue weighted by Gasteiger charge is 2.15. The Balaban J connectivity index is 1.97. The topological polar surface area (TPSA) is 102 Å². The van der Waals surface area contributed by atoms with Gasteiger partial charge in [0.05, 0.1) is 18.4 Å². The van der Waals surface area contributed by atoms with Gasteiger partial charge in [-0.15, -0.1) is 0 Å². The molecule has 0 fully saturated rings. The van der Waals surface area contributed by atoms with Gasteiger partial charge < -0.3 is 10.1 Å². The summed E-state index contributed by atoms with van der Waals surface area (Å²) in [4.78, 5) is 23.1. The first kappa shape index (κ1) is 19.6. The van der Waals surface area contributed by atoms with Crippen molar-refractivity contribution in [1.82, 2.24) is 4.72 Å². The molecule has 0 unspecified atom stereocenters. The number of ether oxygens (including phenoxy) is 1. The number of esters is 1. The van der Waals surface area contributed by atoms with Crippen LogP contribution in [0.5, 0.6) is 0 Å². The molecule has 2 aromatic rings. The summed E-state index contributed by atoms with van der Waals surface area (Å²) in [5, 5.41) is 2.71. The van der Waals surface area contributed by atoms with Gasteiger partial charge in [0.1, 0.15) is 6.54 Å². The largest absolute Gasteiger partial charge is 0.468 e. The molecule has 0 heterocycles. The Morgan fingerprint density at radius 2 is 1.62 bits per heavy atom. The summed E-state index contributed by atoms with van der Waals surface area (Å²) < 4.78 is 30.6. The fourth-order valence-corrected chi connectivity index (χ4v) is 3.09. The molecule has 0 atom stereocenters. The summed E-state index contributed by atoms with van der Waals surface area (Å²) in [6.07, 6.45) is 0.223. The van der Waals surface area contributed by atoms with Crippen LogP contribution in [0.4, 0.5) is 5.69 Å². The second-order valence-electron chi connectivity index (χ2n) is 5.64. The van der Waals surface area contributed by atoms with E-state index in [0.29, 0.717) is 5.69 Å². The van der Waals surface area contributed by atoms with Gasteiger partial charge in [-0.3, -0.25) is 9.59 Å². The molecule has 0 aliphatic carbocycles. The molecule has 138 valence electrons. The number of methoxy groups -OCH3 is 1. The molecule has 8 heteroatoms. The number of anilines is 1. The van der Waals surface area contributed by atoms with Crippen LogP contribution in [0.1, 0.15) is 11.1 Å². The van der Waals surface area contributed by atoms with Crippen LogP contribution in [0.3, 0.4) is 0 Å². The van der Waals surface area contributed by atoms with Gasteiger partial charge in [0, 0.05) is 5.69 Å². The molecule has 0 bridgehead atoms. The minimum atomic E-state index is -3.83. The van der Waals surface area contributed by atoms with Crippen molar-refractivity contribution in [3.8, 4) is 0 Å². The number of sulfonamides is 1. The second kappa shape index (κ2) is 8.59. The van der Waals surface area contributed by atoms with Crippen molar-refractivity contribution in [3.63, 3.8) is 0 Å². The minimum Gasteiger partial charge on any atom is -0.468 e. The fourth-order valence-electron chi connectivity index (χ4n) is 2.12. The normalized spacial score (nSPS) is 11.0. The number of carbonyl (C=O) groups excluding carboxylic acids is 2. The fraction of sp³-hybridized carbons (Fsp3) is 0.222. The van der Waals surface area contributed by atoms with Crippen molar-refractivity contribution in [2.45, 2.75) is 18.2 Å². The maximum atomic E-state index is 12.1. The van der Waals surface area contributed by atoms with Crippen LogP contribution in [0.2, 0.25) is 0 Å². The summed E-state index contributed by atoms with van der Waals surface area (Å²) >= 11 is 0. The van der Waals surface area contributed by atoms with Crippen molar-refractivity contribution < 1.29 is 22.7 Å². The van der Waals surface area contributed by atoms with Crippen molar-refractivity contribution in [1.29, 1.82) is 0 Å². The Morgan fingerprint density at radius 1 is 1.00 bits per heavy atom. The third-order valence-electron chi connectivity index (χ3n) is 3.57. The SMILES string of the molecule is COC(=O)CNS(=O)(=O)c1ccc(NC(=O)Cc2ccc(C)cc2)cc1. The van der Waals surface area contributed by atoms with Crippen LogP contribution < -0.4 is 10.0 Å². The average Bonchev–Trinajstić information content (AvgIpc) is 2.62. The third kappa shape index (κ3) is 5.68. The molecule has 2 aromatic carbocycles. The molecule has 7 nitrogen and oxygen atoms in total. The third-order valence-corrected chi connectivity index (χ3v) is 4.99. The summed E-state index contributed by atoms with van der Waals surface area (Å²) in [7, 11) is -2.66. The smallest absolute Gasteiger partial charge is 0.320 e. The molecule has 0 saturated heterocycles. The molecule has 0 spiro atoms. The first-order valence-electron chi connectivity index (χ1n) is 7.82. The van der Waals surface area contributed by atoms with Gasteiger partial charge >= 0.3 is 5.97 Å². The molecule has 0 aliphatic heterocycles. The Bertz CT molecular complexity index is 875. The van der Waals surface area contributed by atoms with Crippen LogP contribution in [0.15, 0.2) is 53.4 Å². The van der Waals surface area contributed by atoms with E-state index in [1.54, 1.807) is 0 Å². The first-order chi connectivity index (χ1) is 12.3. The molecule has 2 rings (SSSR count). The Labute approximate surface area is 152 Å². The summed E-state index contributed by atoms with van der Waals surface area (Å²) in [6.45, 7) is 1.52. The van der Waals surface area contributed by atoms with E-state index in [0.717, 1.165) is 11.1 Å². The lowest BCUT2D eigenvalue weighted by Crippen LogP contribution is -2.30. The number of rotatable bonds is 7. The lowest BCUT2D eigenvalue weighted by Gasteiger charge is -2.08. The van der Waals surface area contributed by atoms with E-state index in [-0.39, 0.29) is 17.2 Å². The van der Waals surface area contributed by atoms with Gasteiger partial charge in [0.15, 0.2) is 0 Å². The van der Waals surface area contributed by atoms with E-state index in [1.165, 1.54) is 31.4 Å². The second-order valence-corrected chi connectivity index (χ2v) is 7.40. The Morgan fingerprint density at radius 3 is 2.19 bits per heavy atom. The van der Waals surface area contributed by atoms with Gasteiger partial charge in [-0.25, -0.2) is 8.42 Å². The van der Waals surface area contributed by atoms with E-state index in [1.807, 2.05) is 31.2 Å². The molecular formula is C18H20N2O5S. The zero-order valence-electron chi connectivity index (χ0n) is 14.5. The average molecular weight is 376 g/mol. The quantitative estimate of drug-likeness (QED) is 0.715. The molecule has 0 aromatic heterocycles. The van der Waals surface area contributed by atoms with E-state index < -0.39 is 22.5 Å². The van der Waals surface area contributed by atoms with Crippen LogP contribution in [0.25, 0.3) is 0 Å². The van der Waals surface area contributed by atoms with E-state index in [4.69, 9.17) is 0 Å². The number of amides is 1. The van der Waals surface area contributed by atoms with Gasteiger partial charge in [-0.1, -0.05) is 29.8 Å². The Hall–Kier alpha value is -2.71.